The molecule has 2 amide bonds. The van der Waals surface area contributed by atoms with Gasteiger partial charge in [0.05, 0.1) is 0 Å². The Balaban J connectivity index is 1.92. The van der Waals surface area contributed by atoms with Crippen LogP contribution in [0.5, 0.6) is 0 Å². The number of rotatable bonds is 7. The van der Waals surface area contributed by atoms with E-state index in [9.17, 15) is 9.59 Å². The lowest BCUT2D eigenvalue weighted by Gasteiger charge is -2.16. The summed E-state index contributed by atoms with van der Waals surface area (Å²) >= 11 is 0. The standard InChI is InChI=1S/C19H19N7O2/c1-11-7-9-13(10-8-11)22-18-15(17(21)28)25-26-19(24-18)23-14(16(20)27)12-5-3-2-4-6-12/h2-10,14H,1H3,(H2,20,27)(H2,21,28)(H2,22,23,24,26)/t14-/m1/s1. The van der Waals surface area contributed by atoms with Crippen LogP contribution in [0.3, 0.4) is 0 Å². The first-order valence-electron chi connectivity index (χ1n) is 8.43. The molecular weight excluding hydrogens is 358 g/mol. The summed E-state index contributed by atoms with van der Waals surface area (Å²) < 4.78 is 0. The molecule has 0 unspecified atom stereocenters. The Labute approximate surface area is 161 Å². The first kappa shape index (κ1) is 18.8. The molecule has 0 saturated carbocycles. The highest BCUT2D eigenvalue weighted by Gasteiger charge is 2.21. The number of nitrogens with two attached hydrogens (primary N) is 2. The molecule has 0 bridgehead atoms. The maximum Gasteiger partial charge on any atom is 0.273 e. The Morgan fingerprint density at radius 2 is 1.64 bits per heavy atom. The molecule has 0 saturated heterocycles. The molecule has 0 aliphatic heterocycles. The van der Waals surface area contributed by atoms with Crippen LogP contribution in [0, 0.1) is 6.92 Å². The van der Waals surface area contributed by atoms with E-state index in [2.05, 4.69) is 25.8 Å². The third-order valence-corrected chi connectivity index (χ3v) is 3.93. The monoisotopic (exact) mass is 377 g/mol. The summed E-state index contributed by atoms with van der Waals surface area (Å²) in [4.78, 5) is 27.8. The number of nitrogens with zero attached hydrogens (tertiary/aromatic N) is 3. The second-order valence-electron chi connectivity index (χ2n) is 6.08. The van der Waals surface area contributed by atoms with E-state index in [1.807, 2.05) is 37.3 Å². The Morgan fingerprint density at radius 3 is 2.25 bits per heavy atom. The van der Waals surface area contributed by atoms with Crippen molar-refractivity contribution >= 4 is 29.3 Å². The van der Waals surface area contributed by atoms with Crippen molar-refractivity contribution in [3.8, 4) is 0 Å². The highest BCUT2D eigenvalue weighted by Crippen LogP contribution is 2.21. The van der Waals surface area contributed by atoms with Crippen LogP contribution >= 0.6 is 0 Å². The maximum atomic E-state index is 11.9. The highest BCUT2D eigenvalue weighted by molar-refractivity contribution is 5.96. The molecule has 142 valence electrons. The van der Waals surface area contributed by atoms with Crippen LogP contribution in [0.4, 0.5) is 17.5 Å². The predicted octanol–water partition coefficient (Wildman–Crippen LogP) is 1.66. The summed E-state index contributed by atoms with van der Waals surface area (Å²) in [5.74, 6) is -1.25. The third-order valence-electron chi connectivity index (χ3n) is 3.93. The van der Waals surface area contributed by atoms with E-state index in [4.69, 9.17) is 11.5 Å². The Hall–Kier alpha value is -4.01. The number of aromatic nitrogens is 3. The minimum absolute atomic E-state index is 0.0206. The van der Waals surface area contributed by atoms with Crippen molar-refractivity contribution in [1.82, 2.24) is 15.2 Å². The summed E-state index contributed by atoms with van der Waals surface area (Å²) in [6.07, 6.45) is 0. The van der Waals surface area contributed by atoms with Crippen molar-refractivity contribution < 1.29 is 9.59 Å². The van der Waals surface area contributed by atoms with Gasteiger partial charge in [-0.1, -0.05) is 48.0 Å². The predicted molar refractivity (Wildman–Crippen MR) is 105 cm³/mol. The lowest BCUT2D eigenvalue weighted by atomic mass is 10.1. The normalized spacial score (nSPS) is 11.5. The smallest absolute Gasteiger partial charge is 0.273 e. The number of aryl methyl sites for hydroxylation is 1. The molecule has 28 heavy (non-hydrogen) atoms. The SMILES string of the molecule is Cc1ccc(Nc2nc(N[C@@H](C(N)=O)c3ccccc3)nnc2C(N)=O)cc1. The fourth-order valence-electron chi connectivity index (χ4n) is 2.51. The number of amides is 2. The Kier molecular flexibility index (Phi) is 5.45. The van der Waals surface area contributed by atoms with Gasteiger partial charge in [-0.25, -0.2) is 0 Å². The molecule has 9 nitrogen and oxygen atoms in total. The van der Waals surface area contributed by atoms with E-state index in [1.54, 1.807) is 24.3 Å². The van der Waals surface area contributed by atoms with E-state index < -0.39 is 17.9 Å². The minimum Gasteiger partial charge on any atom is -0.368 e. The van der Waals surface area contributed by atoms with Crippen LogP contribution in [0.25, 0.3) is 0 Å². The molecule has 0 aliphatic carbocycles. The van der Waals surface area contributed by atoms with Gasteiger partial charge in [0.1, 0.15) is 6.04 Å². The fraction of sp³-hybridized carbons (Fsp3) is 0.105. The average Bonchev–Trinajstić information content (AvgIpc) is 2.68. The molecule has 2 aromatic carbocycles. The molecule has 0 radical (unpaired) electrons. The van der Waals surface area contributed by atoms with Gasteiger partial charge >= 0.3 is 0 Å². The number of anilines is 3. The van der Waals surface area contributed by atoms with Gasteiger partial charge in [0, 0.05) is 5.69 Å². The van der Waals surface area contributed by atoms with Gasteiger partial charge < -0.3 is 22.1 Å². The molecule has 3 aromatic rings. The van der Waals surface area contributed by atoms with Crippen molar-refractivity contribution in [2.24, 2.45) is 11.5 Å². The first-order chi connectivity index (χ1) is 13.4. The molecule has 1 atom stereocenters. The second-order valence-corrected chi connectivity index (χ2v) is 6.08. The van der Waals surface area contributed by atoms with Gasteiger partial charge in [-0.15, -0.1) is 10.2 Å². The van der Waals surface area contributed by atoms with Crippen LogP contribution in [-0.4, -0.2) is 27.0 Å². The first-order valence-corrected chi connectivity index (χ1v) is 8.43. The van der Waals surface area contributed by atoms with Crippen LogP contribution in [0.15, 0.2) is 54.6 Å². The van der Waals surface area contributed by atoms with Gasteiger partial charge in [-0.2, -0.15) is 4.98 Å². The van der Waals surface area contributed by atoms with Gasteiger partial charge in [-0.3, -0.25) is 9.59 Å². The topological polar surface area (TPSA) is 149 Å². The number of nitrogens with one attached hydrogen (secondary N) is 2. The number of carbonyl (C=O) groups excluding carboxylic acids is 2. The van der Waals surface area contributed by atoms with E-state index in [0.29, 0.717) is 11.3 Å². The summed E-state index contributed by atoms with van der Waals surface area (Å²) in [7, 11) is 0. The van der Waals surface area contributed by atoms with Gasteiger partial charge in [0.15, 0.2) is 11.5 Å². The second kappa shape index (κ2) is 8.12. The zero-order valence-electron chi connectivity index (χ0n) is 15.1. The highest BCUT2D eigenvalue weighted by atomic mass is 16.1. The Morgan fingerprint density at radius 1 is 0.964 bits per heavy atom. The third kappa shape index (κ3) is 4.39. The van der Waals surface area contributed by atoms with Crippen molar-refractivity contribution in [2.45, 2.75) is 13.0 Å². The van der Waals surface area contributed by atoms with Crippen molar-refractivity contribution in [1.29, 1.82) is 0 Å². The van der Waals surface area contributed by atoms with Crippen LogP contribution in [0.1, 0.15) is 27.7 Å². The molecule has 1 aromatic heterocycles. The number of hydrogen-bond acceptors (Lipinski definition) is 7. The van der Waals surface area contributed by atoms with E-state index in [1.165, 1.54) is 0 Å². The summed E-state index contributed by atoms with van der Waals surface area (Å²) in [6, 6.07) is 15.5. The molecule has 3 rings (SSSR count). The minimum atomic E-state index is -0.866. The maximum absolute atomic E-state index is 11.9. The summed E-state index contributed by atoms with van der Waals surface area (Å²) in [6.45, 7) is 1.96. The summed E-state index contributed by atoms with van der Waals surface area (Å²) in [5.41, 5.74) is 13.2. The quantitative estimate of drug-likeness (QED) is 0.489. The number of carbonyl (C=O) groups is 2. The van der Waals surface area contributed by atoms with E-state index in [-0.39, 0.29) is 17.5 Å². The van der Waals surface area contributed by atoms with E-state index in [0.717, 1.165) is 5.56 Å². The number of hydrogen-bond donors (Lipinski definition) is 4. The van der Waals surface area contributed by atoms with Crippen LogP contribution in [-0.2, 0) is 4.79 Å². The van der Waals surface area contributed by atoms with Crippen LogP contribution in [0.2, 0.25) is 0 Å². The molecule has 0 spiro atoms. The molecule has 0 aliphatic rings. The zero-order chi connectivity index (χ0) is 20.1. The lowest BCUT2D eigenvalue weighted by molar-refractivity contribution is -0.118. The molecular formula is C19H19N7O2. The lowest BCUT2D eigenvalue weighted by Crippen LogP contribution is -2.29. The van der Waals surface area contributed by atoms with Crippen molar-refractivity contribution in [3.63, 3.8) is 0 Å². The van der Waals surface area contributed by atoms with Crippen molar-refractivity contribution in [3.05, 3.63) is 71.4 Å². The van der Waals surface area contributed by atoms with Gasteiger partial charge in [0.2, 0.25) is 11.9 Å². The van der Waals surface area contributed by atoms with Crippen LogP contribution < -0.4 is 22.1 Å². The number of benzene rings is 2. The van der Waals surface area contributed by atoms with Gasteiger partial charge in [0.25, 0.3) is 5.91 Å². The van der Waals surface area contributed by atoms with E-state index >= 15 is 0 Å². The molecule has 0 fully saturated rings. The molecule has 6 N–H and O–H groups in total. The molecule has 1 heterocycles. The summed E-state index contributed by atoms with van der Waals surface area (Å²) in [5, 5.41) is 13.5. The molecule has 9 heteroatoms. The number of primary amides is 2. The average molecular weight is 377 g/mol. The zero-order valence-corrected chi connectivity index (χ0v) is 15.1. The fourth-order valence-corrected chi connectivity index (χ4v) is 2.51. The largest absolute Gasteiger partial charge is 0.368 e. The van der Waals surface area contributed by atoms with Crippen molar-refractivity contribution in [2.75, 3.05) is 10.6 Å². The Bertz CT molecular complexity index is 991. The van der Waals surface area contributed by atoms with Gasteiger partial charge in [-0.05, 0) is 24.6 Å².